The first-order chi connectivity index (χ1) is 11.8. The van der Waals surface area contributed by atoms with E-state index in [4.69, 9.17) is 11.6 Å². The van der Waals surface area contributed by atoms with Crippen molar-refractivity contribution in [2.75, 3.05) is 25.0 Å². The standard InChI is InChI=1S/C20H30ClN3/c1-2-3-4-5-6-7-12-22-13-8-14-23-19-11-15-24-20-16-17(21)9-10-18(19)20/h9-11,15-16,22H,2-8,12-14H2,1H3,(H,23,24). The lowest BCUT2D eigenvalue weighted by Gasteiger charge is -2.10. The minimum atomic E-state index is 0.728. The highest BCUT2D eigenvalue weighted by Gasteiger charge is 2.02. The molecule has 132 valence electrons. The maximum atomic E-state index is 6.02. The molecule has 24 heavy (non-hydrogen) atoms. The van der Waals surface area contributed by atoms with Crippen LogP contribution in [0.3, 0.4) is 0 Å². The molecule has 0 amide bonds. The van der Waals surface area contributed by atoms with Crippen LogP contribution in [0.2, 0.25) is 5.02 Å². The molecule has 0 saturated carbocycles. The molecule has 4 heteroatoms. The fourth-order valence-electron chi connectivity index (χ4n) is 2.87. The van der Waals surface area contributed by atoms with Crippen molar-refractivity contribution in [1.82, 2.24) is 10.3 Å². The zero-order chi connectivity index (χ0) is 17.0. The predicted molar refractivity (Wildman–Crippen MR) is 106 cm³/mol. The van der Waals surface area contributed by atoms with E-state index in [-0.39, 0.29) is 0 Å². The molecule has 1 heterocycles. The second-order valence-electron chi connectivity index (χ2n) is 6.32. The first-order valence-corrected chi connectivity index (χ1v) is 9.68. The quantitative estimate of drug-likeness (QED) is 0.488. The van der Waals surface area contributed by atoms with Crippen molar-refractivity contribution in [3.8, 4) is 0 Å². The predicted octanol–water partition coefficient (Wildman–Crippen LogP) is 5.64. The van der Waals surface area contributed by atoms with Crippen LogP contribution in [-0.2, 0) is 0 Å². The summed E-state index contributed by atoms with van der Waals surface area (Å²) < 4.78 is 0. The van der Waals surface area contributed by atoms with E-state index in [0.29, 0.717) is 0 Å². The molecule has 1 aromatic carbocycles. The molecule has 0 atom stereocenters. The Morgan fingerprint density at radius 1 is 0.917 bits per heavy atom. The Hall–Kier alpha value is -1.32. The van der Waals surface area contributed by atoms with E-state index in [1.807, 2.05) is 30.5 Å². The second kappa shape index (κ2) is 11.3. The van der Waals surface area contributed by atoms with Crippen LogP contribution in [-0.4, -0.2) is 24.6 Å². The van der Waals surface area contributed by atoms with E-state index in [1.165, 1.54) is 38.5 Å². The lowest BCUT2D eigenvalue weighted by atomic mass is 10.1. The minimum absolute atomic E-state index is 0.728. The van der Waals surface area contributed by atoms with Gasteiger partial charge >= 0.3 is 0 Å². The monoisotopic (exact) mass is 347 g/mol. The summed E-state index contributed by atoms with van der Waals surface area (Å²) in [7, 11) is 0. The van der Waals surface area contributed by atoms with Crippen LogP contribution < -0.4 is 10.6 Å². The summed E-state index contributed by atoms with van der Waals surface area (Å²) in [5.41, 5.74) is 2.07. The van der Waals surface area contributed by atoms with Crippen molar-refractivity contribution < 1.29 is 0 Å². The van der Waals surface area contributed by atoms with Gasteiger partial charge in [-0.2, -0.15) is 0 Å². The molecule has 2 rings (SSSR count). The van der Waals surface area contributed by atoms with Gasteiger partial charge in [-0.15, -0.1) is 0 Å². The van der Waals surface area contributed by atoms with Gasteiger partial charge in [-0.3, -0.25) is 4.98 Å². The van der Waals surface area contributed by atoms with Crippen LogP contribution in [0.4, 0.5) is 5.69 Å². The summed E-state index contributed by atoms with van der Waals surface area (Å²) >= 11 is 6.02. The van der Waals surface area contributed by atoms with E-state index >= 15 is 0 Å². The number of aromatic nitrogens is 1. The molecule has 3 nitrogen and oxygen atoms in total. The SMILES string of the molecule is CCCCCCCCNCCCNc1ccnc2cc(Cl)ccc12. The average Bonchev–Trinajstić information content (AvgIpc) is 2.59. The molecule has 0 saturated heterocycles. The Kier molecular flexibility index (Phi) is 8.93. The normalized spacial score (nSPS) is 11.1. The minimum Gasteiger partial charge on any atom is -0.384 e. The van der Waals surface area contributed by atoms with Crippen molar-refractivity contribution in [1.29, 1.82) is 0 Å². The number of anilines is 1. The molecule has 0 aliphatic heterocycles. The first kappa shape index (κ1) is 19.0. The van der Waals surface area contributed by atoms with E-state index in [2.05, 4.69) is 22.5 Å². The molecule has 0 bridgehead atoms. The van der Waals surface area contributed by atoms with Crippen molar-refractivity contribution in [2.24, 2.45) is 0 Å². The van der Waals surface area contributed by atoms with E-state index < -0.39 is 0 Å². The van der Waals surface area contributed by atoms with Crippen LogP contribution >= 0.6 is 11.6 Å². The van der Waals surface area contributed by atoms with Crippen molar-refractivity contribution in [3.05, 3.63) is 35.5 Å². The highest BCUT2D eigenvalue weighted by atomic mass is 35.5. The van der Waals surface area contributed by atoms with Crippen molar-refractivity contribution >= 4 is 28.2 Å². The van der Waals surface area contributed by atoms with Crippen LogP contribution in [0.15, 0.2) is 30.5 Å². The zero-order valence-corrected chi connectivity index (χ0v) is 15.5. The molecule has 2 N–H and O–H groups in total. The molecule has 0 fully saturated rings. The number of halogens is 1. The number of nitrogens with zero attached hydrogens (tertiary/aromatic N) is 1. The summed E-state index contributed by atoms with van der Waals surface area (Å²) in [6.45, 7) is 5.43. The molecular weight excluding hydrogens is 318 g/mol. The van der Waals surface area contributed by atoms with E-state index in [1.54, 1.807) is 0 Å². The summed E-state index contributed by atoms with van der Waals surface area (Å²) in [5.74, 6) is 0. The fraction of sp³-hybridized carbons (Fsp3) is 0.550. The van der Waals surface area contributed by atoms with Gasteiger partial charge in [0.2, 0.25) is 0 Å². The van der Waals surface area contributed by atoms with Gasteiger partial charge in [0, 0.05) is 28.8 Å². The molecular formula is C20H30ClN3. The highest BCUT2D eigenvalue weighted by Crippen LogP contribution is 2.24. The number of hydrogen-bond donors (Lipinski definition) is 2. The topological polar surface area (TPSA) is 37.0 Å². The maximum absolute atomic E-state index is 6.02. The number of unbranched alkanes of at least 4 members (excludes halogenated alkanes) is 5. The maximum Gasteiger partial charge on any atom is 0.0737 e. The molecule has 0 aliphatic carbocycles. The largest absolute Gasteiger partial charge is 0.384 e. The Morgan fingerprint density at radius 2 is 1.71 bits per heavy atom. The van der Waals surface area contributed by atoms with Gasteiger partial charge < -0.3 is 10.6 Å². The molecule has 1 aromatic heterocycles. The summed E-state index contributed by atoms with van der Waals surface area (Å²) in [5, 5.41) is 8.90. The van der Waals surface area contributed by atoms with Gasteiger partial charge in [-0.05, 0) is 50.2 Å². The zero-order valence-electron chi connectivity index (χ0n) is 14.8. The lowest BCUT2D eigenvalue weighted by molar-refractivity contribution is 0.568. The Labute approximate surface area is 151 Å². The number of nitrogens with one attached hydrogen (secondary N) is 2. The van der Waals surface area contributed by atoms with Gasteiger partial charge in [0.15, 0.2) is 0 Å². The third kappa shape index (κ3) is 6.66. The van der Waals surface area contributed by atoms with Gasteiger partial charge in [0.25, 0.3) is 0 Å². The van der Waals surface area contributed by atoms with Gasteiger partial charge in [0.1, 0.15) is 0 Å². The number of pyridine rings is 1. The highest BCUT2D eigenvalue weighted by molar-refractivity contribution is 6.31. The number of hydrogen-bond acceptors (Lipinski definition) is 3. The fourth-order valence-corrected chi connectivity index (χ4v) is 3.03. The van der Waals surface area contributed by atoms with Crippen LogP contribution in [0.5, 0.6) is 0 Å². The number of benzene rings is 1. The van der Waals surface area contributed by atoms with Gasteiger partial charge in [-0.1, -0.05) is 50.6 Å². The van der Waals surface area contributed by atoms with E-state index in [9.17, 15) is 0 Å². The third-order valence-electron chi connectivity index (χ3n) is 4.26. The van der Waals surface area contributed by atoms with Crippen LogP contribution in [0, 0.1) is 0 Å². The average molecular weight is 348 g/mol. The van der Waals surface area contributed by atoms with Crippen LogP contribution in [0.1, 0.15) is 51.9 Å². The van der Waals surface area contributed by atoms with Crippen LogP contribution in [0.25, 0.3) is 10.9 Å². The summed E-state index contributed by atoms with van der Waals surface area (Å²) in [4.78, 5) is 4.37. The molecule has 0 spiro atoms. The Bertz CT molecular complexity index is 600. The van der Waals surface area contributed by atoms with Gasteiger partial charge in [-0.25, -0.2) is 0 Å². The van der Waals surface area contributed by atoms with Crippen molar-refractivity contribution in [3.63, 3.8) is 0 Å². The molecule has 0 unspecified atom stereocenters. The molecule has 2 aromatic rings. The number of rotatable bonds is 12. The lowest BCUT2D eigenvalue weighted by Crippen LogP contribution is -2.19. The summed E-state index contributed by atoms with van der Waals surface area (Å²) in [6, 6.07) is 7.88. The second-order valence-corrected chi connectivity index (χ2v) is 6.75. The van der Waals surface area contributed by atoms with E-state index in [0.717, 1.165) is 47.7 Å². The molecule has 0 radical (unpaired) electrons. The summed E-state index contributed by atoms with van der Waals surface area (Å²) in [6.07, 6.45) is 11.1. The smallest absolute Gasteiger partial charge is 0.0737 e. The first-order valence-electron chi connectivity index (χ1n) is 9.30. The third-order valence-corrected chi connectivity index (χ3v) is 4.49. The van der Waals surface area contributed by atoms with Crippen molar-refractivity contribution in [2.45, 2.75) is 51.9 Å². The number of fused-ring (bicyclic) bond motifs is 1. The Balaban J connectivity index is 1.58. The Morgan fingerprint density at radius 3 is 2.58 bits per heavy atom. The van der Waals surface area contributed by atoms with Gasteiger partial charge in [0.05, 0.1) is 5.52 Å². The molecule has 0 aliphatic rings.